The molecule has 6 rings (SSSR count). The van der Waals surface area contributed by atoms with Crippen molar-refractivity contribution in [3.63, 3.8) is 0 Å². The van der Waals surface area contributed by atoms with Gasteiger partial charge in [0.15, 0.2) is 0 Å². The molecular formula is C34H29NO4. The molecule has 0 bridgehead atoms. The molecule has 0 fully saturated rings. The van der Waals surface area contributed by atoms with E-state index < -0.39 is 5.41 Å². The summed E-state index contributed by atoms with van der Waals surface area (Å²) in [5.74, 6) is 0.466. The summed E-state index contributed by atoms with van der Waals surface area (Å²) >= 11 is 0. The predicted molar refractivity (Wildman–Crippen MR) is 151 cm³/mol. The zero-order chi connectivity index (χ0) is 26.7. The van der Waals surface area contributed by atoms with Crippen molar-refractivity contribution in [3.8, 4) is 11.5 Å². The molecule has 0 spiro atoms. The number of allylic oxidation sites excluding steroid dienone is 4. The third-order valence-corrected chi connectivity index (χ3v) is 7.63. The maximum Gasteiger partial charge on any atom is 0.311 e. The van der Waals surface area contributed by atoms with Gasteiger partial charge in [0, 0.05) is 29.2 Å². The quantitative estimate of drug-likeness (QED) is 0.181. The number of hydrogen-bond donors (Lipinski definition) is 0. The Morgan fingerprint density at radius 3 is 1.92 bits per heavy atom. The fourth-order valence-electron chi connectivity index (χ4n) is 5.82. The van der Waals surface area contributed by atoms with E-state index in [0.29, 0.717) is 24.3 Å². The standard InChI is InChI=1S/C34H29NO4/c36-31(38-25-12-3-1-4-13-25)19-21-34(22-20-32(37)39-26-14-5-2-6-15-26)28-17-9-8-16-27(28)33-29(34)23-24-11-7-10-18-30(24)35-33/h1-7,10-18,23H,8-9,19-22H2. The fraction of sp³-hybridized carbons (Fsp3) is 0.206. The lowest BCUT2D eigenvalue weighted by Crippen LogP contribution is -2.29. The van der Waals surface area contributed by atoms with E-state index in [1.807, 2.05) is 54.6 Å². The smallest absolute Gasteiger partial charge is 0.311 e. The largest absolute Gasteiger partial charge is 0.427 e. The number of fused-ring (bicyclic) bond motifs is 4. The van der Waals surface area contributed by atoms with Crippen LogP contribution in [0, 0.1) is 0 Å². The molecule has 2 aliphatic rings. The van der Waals surface area contributed by atoms with Gasteiger partial charge in [-0.15, -0.1) is 0 Å². The van der Waals surface area contributed by atoms with Crippen LogP contribution in [0.1, 0.15) is 49.8 Å². The fourth-order valence-corrected chi connectivity index (χ4v) is 5.82. The van der Waals surface area contributed by atoms with Crippen molar-refractivity contribution in [3.05, 3.63) is 120 Å². The molecular weight excluding hydrogens is 486 g/mol. The maximum absolute atomic E-state index is 13.0. The van der Waals surface area contributed by atoms with Crippen molar-refractivity contribution in [2.24, 2.45) is 0 Å². The van der Waals surface area contributed by atoms with Crippen LogP contribution in [0.25, 0.3) is 16.5 Å². The second-order valence-electron chi connectivity index (χ2n) is 10.0. The number of hydrogen-bond acceptors (Lipinski definition) is 5. The lowest BCUT2D eigenvalue weighted by molar-refractivity contribution is -0.134. The van der Waals surface area contributed by atoms with E-state index >= 15 is 0 Å². The molecule has 2 aliphatic carbocycles. The van der Waals surface area contributed by atoms with Gasteiger partial charge >= 0.3 is 11.9 Å². The Bertz CT molecular complexity index is 1530. The minimum absolute atomic E-state index is 0.208. The van der Waals surface area contributed by atoms with Crippen LogP contribution < -0.4 is 9.47 Å². The maximum atomic E-state index is 13.0. The molecule has 0 aliphatic heterocycles. The summed E-state index contributed by atoms with van der Waals surface area (Å²) in [4.78, 5) is 31.1. The molecule has 3 aromatic carbocycles. The summed E-state index contributed by atoms with van der Waals surface area (Å²) in [6.45, 7) is 0. The van der Waals surface area contributed by atoms with Gasteiger partial charge in [0.05, 0.1) is 11.2 Å². The van der Waals surface area contributed by atoms with Crippen LogP contribution in [-0.4, -0.2) is 16.9 Å². The summed E-state index contributed by atoms with van der Waals surface area (Å²) in [5, 5.41) is 1.04. The van der Waals surface area contributed by atoms with Gasteiger partial charge in [-0.2, -0.15) is 0 Å². The summed E-state index contributed by atoms with van der Waals surface area (Å²) in [7, 11) is 0. The van der Waals surface area contributed by atoms with E-state index in [2.05, 4.69) is 24.3 Å². The van der Waals surface area contributed by atoms with Gasteiger partial charge < -0.3 is 9.47 Å². The Balaban J connectivity index is 1.35. The van der Waals surface area contributed by atoms with E-state index in [0.717, 1.165) is 46.1 Å². The molecule has 0 saturated carbocycles. The van der Waals surface area contributed by atoms with Crippen molar-refractivity contribution < 1.29 is 19.1 Å². The average Bonchev–Trinajstić information content (AvgIpc) is 3.24. The van der Waals surface area contributed by atoms with Crippen LogP contribution in [0.15, 0.2) is 109 Å². The zero-order valence-corrected chi connectivity index (χ0v) is 21.6. The number of carbonyl (C=O) groups is 2. The number of esters is 2. The van der Waals surface area contributed by atoms with E-state index in [9.17, 15) is 9.59 Å². The van der Waals surface area contributed by atoms with Crippen LogP contribution in [0.5, 0.6) is 11.5 Å². The van der Waals surface area contributed by atoms with Crippen LogP contribution in [0.2, 0.25) is 0 Å². The molecule has 0 unspecified atom stereocenters. The highest BCUT2D eigenvalue weighted by Gasteiger charge is 2.47. The van der Waals surface area contributed by atoms with Gasteiger partial charge in [0.25, 0.3) is 0 Å². The number of pyridine rings is 1. The highest BCUT2D eigenvalue weighted by Crippen LogP contribution is 2.56. The molecule has 4 aromatic rings. The Kier molecular flexibility index (Phi) is 6.80. The number of aromatic nitrogens is 1. The van der Waals surface area contributed by atoms with Gasteiger partial charge in [0.1, 0.15) is 11.5 Å². The normalized spacial score (nSPS) is 15.1. The molecule has 1 aromatic heterocycles. The molecule has 1 heterocycles. The monoisotopic (exact) mass is 515 g/mol. The van der Waals surface area contributed by atoms with Crippen LogP contribution in [-0.2, 0) is 15.0 Å². The summed E-state index contributed by atoms with van der Waals surface area (Å²) in [6.07, 6.45) is 7.81. The first-order valence-corrected chi connectivity index (χ1v) is 13.5. The highest BCUT2D eigenvalue weighted by atomic mass is 16.5. The van der Waals surface area contributed by atoms with Gasteiger partial charge in [0.2, 0.25) is 0 Å². The lowest BCUT2D eigenvalue weighted by atomic mass is 9.70. The molecule has 0 amide bonds. The SMILES string of the molecule is O=C(CCC1(CCC(=O)Oc2ccccc2)C2=CCCC=C2c2nc3ccccc3cc21)Oc1ccccc1. The average molecular weight is 516 g/mol. The van der Waals surface area contributed by atoms with Gasteiger partial charge in [-0.1, -0.05) is 66.7 Å². The number of para-hydroxylation sites is 3. The van der Waals surface area contributed by atoms with Crippen LogP contribution >= 0.6 is 0 Å². The number of rotatable bonds is 8. The Morgan fingerprint density at radius 1 is 0.718 bits per heavy atom. The Labute approximate surface area is 227 Å². The third-order valence-electron chi connectivity index (χ3n) is 7.63. The van der Waals surface area contributed by atoms with Crippen molar-refractivity contribution in [2.45, 2.75) is 43.9 Å². The first-order chi connectivity index (χ1) is 19.1. The van der Waals surface area contributed by atoms with Crippen molar-refractivity contribution >= 4 is 28.4 Å². The van der Waals surface area contributed by atoms with E-state index in [1.165, 1.54) is 0 Å². The summed E-state index contributed by atoms with van der Waals surface area (Å²) in [5.41, 5.74) is 4.68. The van der Waals surface area contributed by atoms with E-state index in [4.69, 9.17) is 14.5 Å². The lowest BCUT2D eigenvalue weighted by Gasteiger charge is -2.33. The van der Waals surface area contributed by atoms with Gasteiger partial charge in [-0.05, 0) is 73.2 Å². The number of benzene rings is 3. The second-order valence-corrected chi connectivity index (χ2v) is 10.0. The zero-order valence-electron chi connectivity index (χ0n) is 21.6. The van der Waals surface area contributed by atoms with E-state index in [-0.39, 0.29) is 24.8 Å². The van der Waals surface area contributed by atoms with Crippen molar-refractivity contribution in [2.75, 3.05) is 0 Å². The second kappa shape index (κ2) is 10.7. The Morgan fingerprint density at radius 2 is 1.28 bits per heavy atom. The molecule has 0 saturated heterocycles. The minimum Gasteiger partial charge on any atom is -0.427 e. The van der Waals surface area contributed by atoms with Gasteiger partial charge in [-0.3, -0.25) is 9.59 Å². The first kappa shape index (κ1) is 24.8. The van der Waals surface area contributed by atoms with E-state index in [1.54, 1.807) is 24.3 Å². The molecule has 39 heavy (non-hydrogen) atoms. The molecule has 5 nitrogen and oxygen atoms in total. The van der Waals surface area contributed by atoms with Crippen LogP contribution in [0.4, 0.5) is 0 Å². The topological polar surface area (TPSA) is 65.5 Å². The van der Waals surface area contributed by atoms with Crippen molar-refractivity contribution in [1.82, 2.24) is 4.98 Å². The molecule has 0 N–H and O–H groups in total. The number of ether oxygens (including phenoxy) is 2. The first-order valence-electron chi connectivity index (χ1n) is 13.5. The summed E-state index contributed by atoms with van der Waals surface area (Å²) in [6, 6.07) is 28.5. The molecule has 194 valence electrons. The molecule has 0 atom stereocenters. The minimum atomic E-state index is -0.552. The highest BCUT2D eigenvalue weighted by molar-refractivity contribution is 5.94. The Hall–Kier alpha value is -4.51. The molecule has 0 radical (unpaired) electrons. The summed E-state index contributed by atoms with van der Waals surface area (Å²) < 4.78 is 11.3. The number of carbonyl (C=O) groups excluding carboxylic acids is 2. The van der Waals surface area contributed by atoms with Crippen molar-refractivity contribution in [1.29, 1.82) is 0 Å². The molecule has 5 heteroatoms. The predicted octanol–water partition coefficient (Wildman–Crippen LogP) is 7.36. The van der Waals surface area contributed by atoms with Gasteiger partial charge in [-0.25, -0.2) is 4.98 Å². The number of nitrogens with zero attached hydrogens (tertiary/aromatic N) is 1. The third kappa shape index (κ3) is 5.00. The van der Waals surface area contributed by atoms with Crippen LogP contribution in [0.3, 0.4) is 0 Å².